The molecular weight excluding hydrogens is 272 g/mol. The van der Waals surface area contributed by atoms with Crippen LogP contribution in [0.5, 0.6) is 0 Å². The van der Waals surface area contributed by atoms with E-state index in [0.717, 1.165) is 5.56 Å². The summed E-state index contributed by atoms with van der Waals surface area (Å²) >= 11 is 5.04. The van der Waals surface area contributed by atoms with Gasteiger partial charge in [-0.15, -0.1) is 5.10 Å². The maximum absolute atomic E-state index is 9.25. The second-order valence-corrected chi connectivity index (χ2v) is 4.70. The van der Waals surface area contributed by atoms with Gasteiger partial charge in [-0.2, -0.15) is 5.10 Å². The minimum Gasteiger partial charge on any atom is -0.395 e. The zero-order valence-corrected chi connectivity index (χ0v) is 11.8. The van der Waals surface area contributed by atoms with Gasteiger partial charge in [0.2, 0.25) is 0 Å². The van der Waals surface area contributed by atoms with E-state index in [9.17, 15) is 5.11 Å². The molecule has 20 heavy (non-hydrogen) atoms. The molecule has 2 rings (SSSR count). The van der Waals surface area contributed by atoms with Crippen molar-refractivity contribution in [2.24, 2.45) is 5.73 Å². The van der Waals surface area contributed by atoms with Crippen LogP contribution < -0.4 is 10.6 Å². The van der Waals surface area contributed by atoms with Crippen LogP contribution in [0.15, 0.2) is 42.6 Å². The van der Waals surface area contributed by atoms with Gasteiger partial charge in [0, 0.05) is 13.1 Å². The molecule has 1 aromatic carbocycles. The van der Waals surface area contributed by atoms with Crippen molar-refractivity contribution in [3.05, 3.63) is 53.7 Å². The Morgan fingerprint density at radius 1 is 1.25 bits per heavy atom. The highest BCUT2D eigenvalue weighted by Crippen LogP contribution is 2.18. The van der Waals surface area contributed by atoms with Crippen LogP contribution in [0, 0.1) is 0 Å². The lowest BCUT2D eigenvalue weighted by Crippen LogP contribution is -2.30. The maximum atomic E-state index is 9.25. The maximum Gasteiger partial charge on any atom is 0.161 e. The van der Waals surface area contributed by atoms with Crippen LogP contribution in [-0.2, 0) is 6.54 Å². The Labute approximate surface area is 123 Å². The van der Waals surface area contributed by atoms with Gasteiger partial charge in [-0.3, -0.25) is 0 Å². The summed E-state index contributed by atoms with van der Waals surface area (Å²) in [6, 6.07) is 11.7. The molecule has 3 N–H and O–H groups in total. The number of rotatable bonds is 6. The summed E-state index contributed by atoms with van der Waals surface area (Å²) in [4.78, 5) is 2.18. The first-order valence-corrected chi connectivity index (χ1v) is 6.64. The Hall–Kier alpha value is -2.05. The van der Waals surface area contributed by atoms with E-state index >= 15 is 0 Å². The average Bonchev–Trinajstić information content (AvgIpc) is 2.48. The lowest BCUT2D eigenvalue weighted by atomic mass is 10.2. The van der Waals surface area contributed by atoms with Crippen molar-refractivity contribution in [1.29, 1.82) is 0 Å². The fourth-order valence-electron chi connectivity index (χ4n) is 1.93. The van der Waals surface area contributed by atoms with Crippen molar-refractivity contribution >= 4 is 23.0 Å². The summed E-state index contributed by atoms with van der Waals surface area (Å²) in [5.74, 6) is 0.595. The molecule has 0 amide bonds. The molecule has 0 aliphatic heterocycles. The number of nitrogens with two attached hydrogens (primary N) is 1. The first-order valence-electron chi connectivity index (χ1n) is 6.23. The van der Waals surface area contributed by atoms with Crippen LogP contribution in [0.25, 0.3) is 0 Å². The molecule has 0 saturated heterocycles. The molecule has 0 aliphatic rings. The molecular formula is C14H16N4OS. The van der Waals surface area contributed by atoms with E-state index in [0.29, 0.717) is 24.5 Å². The number of thiocarbonyl (C=S) groups is 1. The third-order valence-corrected chi connectivity index (χ3v) is 3.07. The smallest absolute Gasteiger partial charge is 0.161 e. The molecule has 0 atom stereocenters. The van der Waals surface area contributed by atoms with Crippen molar-refractivity contribution in [1.82, 2.24) is 10.2 Å². The highest BCUT2D eigenvalue weighted by atomic mass is 32.1. The first kappa shape index (κ1) is 14.4. The van der Waals surface area contributed by atoms with Gasteiger partial charge in [-0.1, -0.05) is 42.5 Å². The van der Waals surface area contributed by atoms with Crippen LogP contribution in [-0.4, -0.2) is 33.4 Å². The quantitative estimate of drug-likeness (QED) is 0.776. The molecule has 104 valence electrons. The van der Waals surface area contributed by atoms with Gasteiger partial charge in [0.15, 0.2) is 5.82 Å². The van der Waals surface area contributed by atoms with Crippen molar-refractivity contribution in [2.75, 3.05) is 18.1 Å². The normalized spacial score (nSPS) is 10.2. The van der Waals surface area contributed by atoms with Gasteiger partial charge in [0.25, 0.3) is 0 Å². The third kappa shape index (κ3) is 3.49. The molecule has 0 bridgehead atoms. The van der Waals surface area contributed by atoms with Gasteiger partial charge in [0.05, 0.1) is 18.4 Å². The predicted octanol–water partition coefficient (Wildman–Crippen LogP) is 1.11. The fraction of sp³-hybridized carbons (Fsp3) is 0.214. The first-order chi connectivity index (χ1) is 9.72. The monoisotopic (exact) mass is 288 g/mol. The van der Waals surface area contributed by atoms with Crippen LogP contribution in [0.2, 0.25) is 0 Å². The average molecular weight is 288 g/mol. The summed E-state index contributed by atoms with van der Waals surface area (Å²) in [5, 5.41) is 17.2. The number of benzene rings is 1. The van der Waals surface area contributed by atoms with Gasteiger partial charge in [-0.25, -0.2) is 0 Å². The lowest BCUT2D eigenvalue weighted by Gasteiger charge is -2.24. The second-order valence-electron chi connectivity index (χ2n) is 4.26. The standard InChI is InChI=1S/C14H16N4OS/c15-13(20)12-6-7-16-17-14(12)18(8-9-19)10-11-4-2-1-3-5-11/h1-7,19H,8-10H2,(H2,15,20). The second kappa shape index (κ2) is 6.93. The van der Waals surface area contributed by atoms with E-state index in [1.54, 1.807) is 12.3 Å². The van der Waals surface area contributed by atoms with Crippen molar-refractivity contribution in [3.8, 4) is 0 Å². The zero-order chi connectivity index (χ0) is 14.4. The van der Waals surface area contributed by atoms with E-state index in [1.165, 1.54) is 0 Å². The van der Waals surface area contributed by atoms with Crippen molar-refractivity contribution in [3.63, 3.8) is 0 Å². The topological polar surface area (TPSA) is 75.3 Å². The van der Waals surface area contributed by atoms with Crippen LogP contribution in [0.4, 0.5) is 5.82 Å². The molecule has 6 heteroatoms. The number of aromatic nitrogens is 2. The predicted molar refractivity (Wildman–Crippen MR) is 82.5 cm³/mol. The van der Waals surface area contributed by atoms with Gasteiger partial charge in [-0.05, 0) is 11.6 Å². The summed E-state index contributed by atoms with van der Waals surface area (Å²) < 4.78 is 0. The summed E-state index contributed by atoms with van der Waals surface area (Å²) in [6.07, 6.45) is 1.55. The Kier molecular flexibility index (Phi) is 4.97. The summed E-state index contributed by atoms with van der Waals surface area (Å²) in [7, 11) is 0. The highest BCUT2D eigenvalue weighted by Gasteiger charge is 2.15. The molecule has 0 saturated carbocycles. The number of hydrogen-bond donors (Lipinski definition) is 2. The van der Waals surface area contributed by atoms with Gasteiger partial charge < -0.3 is 15.7 Å². The van der Waals surface area contributed by atoms with Gasteiger partial charge >= 0.3 is 0 Å². The molecule has 0 aliphatic carbocycles. The van der Waals surface area contributed by atoms with Crippen LogP contribution >= 0.6 is 12.2 Å². The summed E-state index contributed by atoms with van der Waals surface area (Å²) in [5.41, 5.74) is 7.49. The SMILES string of the molecule is NC(=S)c1ccnnc1N(CCO)Cc1ccccc1. The Balaban J connectivity index is 2.31. The molecule has 2 aromatic rings. The number of nitrogens with zero attached hydrogens (tertiary/aromatic N) is 3. The van der Waals surface area contributed by atoms with Crippen LogP contribution in [0.3, 0.4) is 0 Å². The Morgan fingerprint density at radius 3 is 2.65 bits per heavy atom. The number of aliphatic hydroxyl groups excluding tert-OH is 1. The van der Waals surface area contributed by atoms with Crippen molar-refractivity contribution in [2.45, 2.75) is 6.54 Å². The summed E-state index contributed by atoms with van der Waals surface area (Å²) in [6.45, 7) is 1.05. The fourth-order valence-corrected chi connectivity index (χ4v) is 2.09. The molecule has 0 radical (unpaired) electrons. The molecule has 0 spiro atoms. The van der Waals surface area contributed by atoms with E-state index in [2.05, 4.69) is 10.2 Å². The number of hydrogen-bond acceptors (Lipinski definition) is 5. The number of aliphatic hydroxyl groups is 1. The largest absolute Gasteiger partial charge is 0.395 e. The molecule has 0 unspecified atom stereocenters. The zero-order valence-electron chi connectivity index (χ0n) is 10.9. The Morgan fingerprint density at radius 2 is 2.00 bits per heavy atom. The minimum atomic E-state index is 0.0141. The van der Waals surface area contributed by atoms with E-state index in [-0.39, 0.29) is 11.6 Å². The van der Waals surface area contributed by atoms with Crippen molar-refractivity contribution < 1.29 is 5.11 Å². The third-order valence-electron chi connectivity index (χ3n) is 2.85. The molecule has 1 aromatic heterocycles. The van der Waals surface area contributed by atoms with E-state index < -0.39 is 0 Å². The van der Waals surface area contributed by atoms with E-state index in [4.69, 9.17) is 18.0 Å². The molecule has 1 heterocycles. The molecule has 0 fully saturated rings. The number of anilines is 1. The molecule has 5 nitrogen and oxygen atoms in total. The Bertz CT molecular complexity index is 576. The minimum absolute atomic E-state index is 0.0141. The van der Waals surface area contributed by atoms with E-state index in [1.807, 2.05) is 35.2 Å². The van der Waals surface area contributed by atoms with Gasteiger partial charge in [0.1, 0.15) is 4.99 Å². The van der Waals surface area contributed by atoms with Crippen LogP contribution in [0.1, 0.15) is 11.1 Å². The lowest BCUT2D eigenvalue weighted by molar-refractivity contribution is 0.301. The highest BCUT2D eigenvalue weighted by molar-refractivity contribution is 7.80.